The minimum absolute atomic E-state index is 0.0579. The number of likely N-dealkylation sites (tertiary alicyclic amines) is 1. The lowest BCUT2D eigenvalue weighted by Gasteiger charge is -2.43. The fraction of sp³-hybridized carbons (Fsp3) is 0.632. The van der Waals surface area contributed by atoms with Crippen molar-refractivity contribution in [1.29, 1.82) is 0 Å². The van der Waals surface area contributed by atoms with Crippen molar-refractivity contribution in [1.82, 2.24) is 25.1 Å². The summed E-state index contributed by atoms with van der Waals surface area (Å²) in [5.74, 6) is 0. The zero-order valence-corrected chi connectivity index (χ0v) is 17.6. The summed E-state index contributed by atoms with van der Waals surface area (Å²) < 4.78 is 1.35. The van der Waals surface area contributed by atoms with Gasteiger partial charge in [0.2, 0.25) is 0 Å². The number of anilines is 1. The Morgan fingerprint density at radius 2 is 1.94 bits per heavy atom. The van der Waals surface area contributed by atoms with Gasteiger partial charge >= 0.3 is 0 Å². The van der Waals surface area contributed by atoms with Gasteiger partial charge in [-0.15, -0.1) is 5.10 Å². The highest BCUT2D eigenvalue weighted by Gasteiger charge is 2.40. The van der Waals surface area contributed by atoms with Crippen LogP contribution in [-0.2, 0) is 0 Å². The second-order valence-corrected chi connectivity index (χ2v) is 7.85. The monoisotopic (exact) mass is 451 g/mol. The van der Waals surface area contributed by atoms with Crippen molar-refractivity contribution in [3.63, 3.8) is 0 Å². The van der Waals surface area contributed by atoms with Crippen LogP contribution >= 0.6 is 0 Å². The molecule has 0 aliphatic carbocycles. The van der Waals surface area contributed by atoms with Crippen LogP contribution in [0, 0.1) is 10.1 Å². The third-order valence-corrected chi connectivity index (χ3v) is 5.70. The number of benzene rings is 1. The van der Waals surface area contributed by atoms with E-state index in [1.807, 2.05) is 0 Å². The number of hydrogen-bond donors (Lipinski definition) is 5. The average molecular weight is 451 g/mol. The summed E-state index contributed by atoms with van der Waals surface area (Å²) in [6.07, 6.45) is 1.26. The molecule has 32 heavy (non-hydrogen) atoms. The van der Waals surface area contributed by atoms with Gasteiger partial charge in [0.25, 0.3) is 5.69 Å². The average Bonchev–Trinajstić information content (AvgIpc) is 3.32. The number of piperidine rings is 1. The number of rotatable bonds is 11. The van der Waals surface area contributed by atoms with E-state index >= 15 is 0 Å². The number of tetrazole rings is 1. The molecule has 5 N–H and O–H groups in total. The fourth-order valence-corrected chi connectivity index (χ4v) is 3.89. The minimum Gasteiger partial charge on any atom is -0.395 e. The van der Waals surface area contributed by atoms with E-state index in [1.165, 1.54) is 17.1 Å². The molecule has 0 saturated carbocycles. The van der Waals surface area contributed by atoms with E-state index in [9.17, 15) is 30.5 Å². The SMILES string of the molecule is O=[N+]([O-])c1cc(-n2cnnn2)ccc1NCCCCCCN1CC(O)C(O)C(O)[C@@H]1CO. The first-order valence-electron chi connectivity index (χ1n) is 10.6. The lowest BCUT2D eigenvalue weighted by molar-refractivity contribution is -0.383. The Morgan fingerprint density at radius 1 is 1.16 bits per heavy atom. The largest absolute Gasteiger partial charge is 0.395 e. The van der Waals surface area contributed by atoms with Gasteiger partial charge in [-0.25, -0.2) is 4.68 Å². The van der Waals surface area contributed by atoms with Gasteiger partial charge in [0.05, 0.1) is 29.4 Å². The normalized spacial score (nSPS) is 23.9. The molecule has 2 aromatic rings. The van der Waals surface area contributed by atoms with Gasteiger partial charge in [-0.05, 0) is 41.9 Å². The van der Waals surface area contributed by atoms with E-state index in [0.29, 0.717) is 24.5 Å². The lowest BCUT2D eigenvalue weighted by Crippen LogP contribution is -2.62. The van der Waals surface area contributed by atoms with E-state index in [2.05, 4.69) is 20.8 Å². The molecule has 2 heterocycles. The predicted octanol–water partition coefficient (Wildman–Crippen LogP) is -0.698. The molecule has 1 aliphatic heterocycles. The van der Waals surface area contributed by atoms with Crippen LogP contribution in [0.4, 0.5) is 11.4 Å². The van der Waals surface area contributed by atoms with E-state index in [4.69, 9.17) is 0 Å². The zero-order valence-electron chi connectivity index (χ0n) is 17.6. The molecule has 1 saturated heterocycles. The van der Waals surface area contributed by atoms with Gasteiger partial charge in [-0.1, -0.05) is 12.8 Å². The highest BCUT2D eigenvalue weighted by atomic mass is 16.6. The summed E-state index contributed by atoms with van der Waals surface area (Å²) in [5.41, 5.74) is 0.860. The Morgan fingerprint density at radius 3 is 2.62 bits per heavy atom. The van der Waals surface area contributed by atoms with Crippen molar-refractivity contribution >= 4 is 11.4 Å². The fourth-order valence-electron chi connectivity index (χ4n) is 3.89. The number of aliphatic hydroxyl groups is 4. The van der Waals surface area contributed by atoms with E-state index < -0.39 is 29.3 Å². The van der Waals surface area contributed by atoms with Crippen LogP contribution in [0.15, 0.2) is 24.5 Å². The maximum absolute atomic E-state index is 11.4. The van der Waals surface area contributed by atoms with Crippen molar-refractivity contribution in [2.75, 3.05) is 31.6 Å². The first kappa shape index (κ1) is 23.9. The van der Waals surface area contributed by atoms with Gasteiger partial charge in [0, 0.05) is 19.2 Å². The predicted molar refractivity (Wildman–Crippen MR) is 113 cm³/mol. The summed E-state index contributed by atoms with van der Waals surface area (Å²) in [4.78, 5) is 12.8. The van der Waals surface area contributed by atoms with Crippen LogP contribution in [-0.4, -0.2) is 101 Å². The highest BCUT2D eigenvalue weighted by Crippen LogP contribution is 2.27. The molecule has 13 nitrogen and oxygen atoms in total. The molecule has 3 unspecified atom stereocenters. The second kappa shape index (κ2) is 11.2. The van der Waals surface area contributed by atoms with Crippen LogP contribution in [0.3, 0.4) is 0 Å². The summed E-state index contributed by atoms with van der Waals surface area (Å²) in [6, 6.07) is 4.15. The third kappa shape index (κ3) is 5.75. The van der Waals surface area contributed by atoms with Gasteiger partial charge < -0.3 is 25.7 Å². The summed E-state index contributed by atoms with van der Waals surface area (Å²) >= 11 is 0. The highest BCUT2D eigenvalue weighted by molar-refractivity contribution is 5.65. The number of nitrogens with zero attached hydrogens (tertiary/aromatic N) is 6. The molecule has 0 radical (unpaired) electrons. The Balaban J connectivity index is 1.41. The lowest BCUT2D eigenvalue weighted by atomic mass is 9.94. The smallest absolute Gasteiger partial charge is 0.294 e. The molecule has 1 aromatic heterocycles. The summed E-state index contributed by atoms with van der Waals surface area (Å²) in [7, 11) is 0. The molecule has 0 spiro atoms. The van der Waals surface area contributed by atoms with Crippen LogP contribution in [0.2, 0.25) is 0 Å². The number of nitro groups is 1. The number of β-amino-alcohol motifs (C(OH)–C–C–N with tert-alkyl or cyclic N) is 1. The summed E-state index contributed by atoms with van der Waals surface area (Å²) in [5, 5.41) is 64.4. The van der Waals surface area contributed by atoms with Crippen molar-refractivity contribution in [2.24, 2.45) is 0 Å². The van der Waals surface area contributed by atoms with Crippen LogP contribution in [0.5, 0.6) is 0 Å². The Hall–Kier alpha value is -2.71. The van der Waals surface area contributed by atoms with Crippen LogP contribution < -0.4 is 5.32 Å². The van der Waals surface area contributed by atoms with Gasteiger partial charge in [-0.2, -0.15) is 0 Å². The van der Waals surface area contributed by atoms with Crippen LogP contribution in [0.1, 0.15) is 25.7 Å². The molecule has 1 aromatic carbocycles. The number of hydrogen-bond acceptors (Lipinski definition) is 11. The summed E-state index contributed by atoms with van der Waals surface area (Å²) in [6.45, 7) is 1.07. The molecule has 176 valence electrons. The standard InChI is InChI=1S/C19H29N7O6/c27-11-16-18(29)19(30)17(28)10-24(16)8-4-2-1-3-7-20-14-6-5-13(9-15(14)26(31)32)25-12-21-22-23-25/h5-6,9,12,16-20,27-30H,1-4,7-8,10-11H2/t16-,17?,18?,19?/m0/s1. The molecule has 0 amide bonds. The molecule has 1 aliphatic rings. The van der Waals surface area contributed by atoms with E-state index in [-0.39, 0.29) is 18.8 Å². The van der Waals surface area contributed by atoms with Gasteiger partial charge in [-0.3, -0.25) is 15.0 Å². The first-order chi connectivity index (χ1) is 15.4. The van der Waals surface area contributed by atoms with Crippen molar-refractivity contribution in [3.05, 3.63) is 34.6 Å². The Labute approximate surface area is 184 Å². The maximum Gasteiger partial charge on any atom is 0.294 e. The maximum atomic E-state index is 11.4. The van der Waals surface area contributed by atoms with Crippen molar-refractivity contribution in [2.45, 2.75) is 50.0 Å². The molecule has 13 heteroatoms. The molecule has 1 fully saturated rings. The number of nitro benzene ring substituents is 1. The Kier molecular flexibility index (Phi) is 8.41. The minimum atomic E-state index is -1.25. The Bertz CT molecular complexity index is 868. The number of nitrogens with one attached hydrogen (secondary N) is 1. The number of aromatic nitrogens is 4. The molecule has 4 atom stereocenters. The van der Waals surface area contributed by atoms with Crippen LogP contribution in [0.25, 0.3) is 5.69 Å². The van der Waals surface area contributed by atoms with Gasteiger partial charge in [0.1, 0.15) is 24.2 Å². The second-order valence-electron chi connectivity index (χ2n) is 7.85. The number of unbranched alkanes of at least 4 members (excludes halogenated alkanes) is 3. The topological polar surface area (TPSA) is 183 Å². The van der Waals surface area contributed by atoms with Gasteiger partial charge in [0.15, 0.2) is 0 Å². The molecule has 0 bridgehead atoms. The quantitative estimate of drug-likeness (QED) is 0.165. The van der Waals surface area contributed by atoms with Crippen molar-refractivity contribution in [3.8, 4) is 5.69 Å². The van der Waals surface area contributed by atoms with Crippen molar-refractivity contribution < 1.29 is 25.3 Å². The first-order valence-corrected chi connectivity index (χ1v) is 10.6. The zero-order chi connectivity index (χ0) is 23.1. The third-order valence-electron chi connectivity index (χ3n) is 5.70. The molecule has 3 rings (SSSR count). The molecular weight excluding hydrogens is 422 g/mol. The van der Waals surface area contributed by atoms with E-state index in [1.54, 1.807) is 17.0 Å². The van der Waals surface area contributed by atoms with E-state index in [0.717, 1.165) is 25.7 Å². The molecular formula is C19H29N7O6. The number of aliphatic hydroxyl groups excluding tert-OH is 4.